The molecule has 25 heavy (non-hydrogen) atoms. The van der Waals surface area contributed by atoms with Gasteiger partial charge in [0, 0.05) is 11.6 Å². The van der Waals surface area contributed by atoms with Crippen LogP contribution in [-0.4, -0.2) is 33.2 Å². The Morgan fingerprint density at radius 2 is 2.04 bits per heavy atom. The Morgan fingerprint density at radius 3 is 2.64 bits per heavy atom. The highest BCUT2D eigenvalue weighted by Crippen LogP contribution is 2.32. The molecule has 0 radical (unpaired) electrons. The minimum Gasteiger partial charge on any atom is -0.351 e. The Hall–Kier alpha value is -1.24. The summed E-state index contributed by atoms with van der Waals surface area (Å²) in [5.74, 6) is -0.382. The van der Waals surface area contributed by atoms with E-state index in [-0.39, 0.29) is 16.6 Å². The number of rotatable bonds is 6. The topological polar surface area (TPSA) is 66.5 Å². The van der Waals surface area contributed by atoms with Crippen molar-refractivity contribution in [3.8, 4) is 0 Å². The summed E-state index contributed by atoms with van der Waals surface area (Å²) < 4.78 is 25.6. The highest BCUT2D eigenvalue weighted by Gasteiger charge is 2.30. The number of carbonyl (C=O) groups excluding carboxylic acids is 1. The number of halogens is 2. The zero-order valence-corrected chi connectivity index (χ0v) is 16.6. The normalized spacial score (nSPS) is 16.1. The van der Waals surface area contributed by atoms with Crippen LogP contribution in [0.4, 0.5) is 5.69 Å². The standard InChI is InChI=1S/C17H22Cl2N2O3S/c1-12(17(22)20-11-13-6-4-3-5-7-13)21(25(2,23)24)16-10-14(18)8-9-15(16)19/h6,8-10,12H,3-5,7,11H2,1-2H3,(H,20,22). The SMILES string of the molecule is CC(C(=O)NCC1=CCCCC1)N(c1cc(Cl)ccc1Cl)S(C)(=O)=O. The van der Waals surface area contributed by atoms with Gasteiger partial charge in [0.1, 0.15) is 6.04 Å². The van der Waals surface area contributed by atoms with E-state index >= 15 is 0 Å². The Morgan fingerprint density at radius 1 is 1.32 bits per heavy atom. The van der Waals surface area contributed by atoms with Gasteiger partial charge in [-0.05, 0) is 50.8 Å². The molecule has 1 aromatic rings. The second kappa shape index (κ2) is 8.43. The maximum absolute atomic E-state index is 12.5. The molecule has 138 valence electrons. The molecule has 0 aliphatic heterocycles. The third-order valence-electron chi connectivity index (χ3n) is 4.11. The number of benzene rings is 1. The van der Waals surface area contributed by atoms with Crippen LogP contribution in [0.2, 0.25) is 10.0 Å². The highest BCUT2D eigenvalue weighted by molar-refractivity contribution is 7.92. The van der Waals surface area contributed by atoms with Gasteiger partial charge in [-0.2, -0.15) is 0 Å². The minimum absolute atomic E-state index is 0.191. The monoisotopic (exact) mass is 404 g/mol. The van der Waals surface area contributed by atoms with Gasteiger partial charge in [0.05, 0.1) is 17.0 Å². The molecule has 1 N–H and O–H groups in total. The lowest BCUT2D eigenvalue weighted by Gasteiger charge is -2.29. The quantitative estimate of drug-likeness (QED) is 0.733. The van der Waals surface area contributed by atoms with E-state index in [0.717, 1.165) is 29.8 Å². The lowest BCUT2D eigenvalue weighted by molar-refractivity contribution is -0.121. The smallest absolute Gasteiger partial charge is 0.243 e. The third-order valence-corrected chi connectivity index (χ3v) is 5.89. The number of carbonyl (C=O) groups is 1. The maximum atomic E-state index is 12.5. The van der Waals surface area contributed by atoms with Crippen LogP contribution in [0.5, 0.6) is 0 Å². The first-order valence-electron chi connectivity index (χ1n) is 8.10. The van der Waals surface area contributed by atoms with Crippen molar-refractivity contribution in [1.82, 2.24) is 5.32 Å². The van der Waals surface area contributed by atoms with Crippen molar-refractivity contribution in [2.24, 2.45) is 0 Å². The average molecular weight is 405 g/mol. The van der Waals surface area contributed by atoms with Crippen molar-refractivity contribution >= 4 is 44.8 Å². The summed E-state index contributed by atoms with van der Waals surface area (Å²) in [4.78, 5) is 12.5. The van der Waals surface area contributed by atoms with Gasteiger partial charge in [0.15, 0.2) is 0 Å². The van der Waals surface area contributed by atoms with E-state index < -0.39 is 16.1 Å². The first-order valence-corrected chi connectivity index (χ1v) is 10.7. The van der Waals surface area contributed by atoms with Crippen LogP contribution < -0.4 is 9.62 Å². The van der Waals surface area contributed by atoms with Crippen molar-refractivity contribution in [2.75, 3.05) is 17.1 Å². The molecule has 0 fully saturated rings. The zero-order chi connectivity index (χ0) is 18.6. The van der Waals surface area contributed by atoms with E-state index in [4.69, 9.17) is 23.2 Å². The first-order chi connectivity index (χ1) is 11.7. The van der Waals surface area contributed by atoms with Gasteiger partial charge < -0.3 is 5.32 Å². The minimum atomic E-state index is -3.73. The van der Waals surface area contributed by atoms with Crippen LogP contribution in [0.25, 0.3) is 0 Å². The van der Waals surface area contributed by atoms with Crippen molar-refractivity contribution in [3.63, 3.8) is 0 Å². The fourth-order valence-electron chi connectivity index (χ4n) is 2.85. The van der Waals surface area contributed by atoms with Crippen LogP contribution >= 0.6 is 23.2 Å². The van der Waals surface area contributed by atoms with Crippen LogP contribution in [0.15, 0.2) is 29.8 Å². The first kappa shape index (κ1) is 20.1. The molecule has 8 heteroatoms. The van der Waals surface area contributed by atoms with Gasteiger partial charge in [-0.1, -0.05) is 34.9 Å². The molecular formula is C17H22Cl2N2O3S. The van der Waals surface area contributed by atoms with E-state index in [0.29, 0.717) is 11.6 Å². The number of hydrogen-bond acceptors (Lipinski definition) is 3. The summed E-state index contributed by atoms with van der Waals surface area (Å²) in [5.41, 5.74) is 1.37. The van der Waals surface area contributed by atoms with E-state index in [1.54, 1.807) is 6.07 Å². The lowest BCUT2D eigenvalue weighted by atomic mass is 10.00. The Kier molecular flexibility index (Phi) is 6.77. The van der Waals surface area contributed by atoms with E-state index in [1.807, 2.05) is 0 Å². The van der Waals surface area contributed by atoms with Gasteiger partial charge >= 0.3 is 0 Å². The number of sulfonamides is 1. The van der Waals surface area contributed by atoms with E-state index in [9.17, 15) is 13.2 Å². The molecule has 1 unspecified atom stereocenters. The number of nitrogens with zero attached hydrogens (tertiary/aromatic N) is 1. The molecule has 0 saturated heterocycles. The van der Waals surface area contributed by atoms with Gasteiger partial charge in [-0.15, -0.1) is 0 Å². The zero-order valence-electron chi connectivity index (χ0n) is 14.3. The molecule has 1 amide bonds. The second-order valence-electron chi connectivity index (χ2n) is 6.16. The van der Waals surface area contributed by atoms with E-state index in [2.05, 4.69) is 11.4 Å². The Balaban J connectivity index is 2.21. The molecule has 0 heterocycles. The molecule has 5 nitrogen and oxygen atoms in total. The molecule has 1 aromatic carbocycles. The van der Waals surface area contributed by atoms with Crippen molar-refractivity contribution < 1.29 is 13.2 Å². The molecule has 0 aromatic heterocycles. The van der Waals surface area contributed by atoms with Gasteiger partial charge in [-0.25, -0.2) is 8.42 Å². The average Bonchev–Trinajstić information content (AvgIpc) is 2.55. The predicted octanol–water partition coefficient (Wildman–Crippen LogP) is 3.76. The molecule has 0 saturated carbocycles. The summed E-state index contributed by atoms with van der Waals surface area (Å²) in [6.45, 7) is 1.97. The number of allylic oxidation sites excluding steroid dienone is 1. The second-order valence-corrected chi connectivity index (χ2v) is 8.86. The van der Waals surface area contributed by atoms with Crippen LogP contribution in [-0.2, 0) is 14.8 Å². The highest BCUT2D eigenvalue weighted by atomic mass is 35.5. The fourth-order valence-corrected chi connectivity index (χ4v) is 4.45. The molecule has 1 aliphatic carbocycles. The molecule has 1 aliphatic rings. The van der Waals surface area contributed by atoms with Crippen LogP contribution in [0.1, 0.15) is 32.6 Å². The molecular weight excluding hydrogens is 383 g/mol. The summed E-state index contributed by atoms with van der Waals surface area (Å²) in [6.07, 6.45) is 7.45. The van der Waals surface area contributed by atoms with Crippen molar-refractivity contribution in [2.45, 2.75) is 38.6 Å². The van der Waals surface area contributed by atoms with Gasteiger partial charge in [0.25, 0.3) is 0 Å². The Labute approximate surface area is 159 Å². The summed E-state index contributed by atoms with van der Waals surface area (Å²) >= 11 is 12.1. The number of hydrogen-bond donors (Lipinski definition) is 1. The number of nitrogens with one attached hydrogen (secondary N) is 1. The Bertz CT molecular complexity index is 778. The maximum Gasteiger partial charge on any atom is 0.243 e. The third kappa shape index (κ3) is 5.36. The number of amides is 1. The van der Waals surface area contributed by atoms with Crippen molar-refractivity contribution in [1.29, 1.82) is 0 Å². The number of anilines is 1. The fraction of sp³-hybridized carbons (Fsp3) is 0.471. The van der Waals surface area contributed by atoms with Crippen molar-refractivity contribution in [3.05, 3.63) is 39.9 Å². The van der Waals surface area contributed by atoms with Gasteiger partial charge in [0.2, 0.25) is 15.9 Å². The molecule has 0 spiro atoms. The van der Waals surface area contributed by atoms with Gasteiger partial charge in [-0.3, -0.25) is 9.10 Å². The van der Waals surface area contributed by atoms with E-state index in [1.165, 1.54) is 31.1 Å². The molecule has 2 rings (SSSR count). The predicted molar refractivity (Wildman–Crippen MR) is 103 cm³/mol. The summed E-state index contributed by atoms with van der Waals surface area (Å²) in [6, 6.07) is 3.57. The summed E-state index contributed by atoms with van der Waals surface area (Å²) in [7, 11) is -3.73. The molecule has 1 atom stereocenters. The lowest BCUT2D eigenvalue weighted by Crippen LogP contribution is -2.48. The molecule has 0 bridgehead atoms. The largest absolute Gasteiger partial charge is 0.351 e. The van der Waals surface area contributed by atoms with Crippen LogP contribution in [0, 0.1) is 0 Å². The summed E-state index contributed by atoms with van der Waals surface area (Å²) in [5, 5.41) is 3.37. The van der Waals surface area contributed by atoms with Crippen LogP contribution in [0.3, 0.4) is 0 Å².